The summed E-state index contributed by atoms with van der Waals surface area (Å²) < 4.78 is 0. The molecule has 37 valence electrons. The molecule has 0 saturated heterocycles. The van der Waals surface area contributed by atoms with Gasteiger partial charge in [0.05, 0.1) is 0 Å². The monoisotopic (exact) mass is 123 g/mol. The van der Waals surface area contributed by atoms with Gasteiger partial charge in [-0.2, -0.15) is 0 Å². The van der Waals surface area contributed by atoms with E-state index in [-0.39, 0.29) is 0 Å². The standard InChI is InChI=1S/C4H10.CH2.V/c1-4(2)3;;/h4H,1-3H3;1H2;. The van der Waals surface area contributed by atoms with Crippen LogP contribution in [0.2, 0.25) is 0 Å². The molecule has 0 fully saturated rings. The van der Waals surface area contributed by atoms with Crippen LogP contribution in [0.15, 0.2) is 0 Å². The van der Waals surface area contributed by atoms with E-state index in [2.05, 4.69) is 43.0 Å². The molecular formula is C5H12V. The van der Waals surface area contributed by atoms with E-state index in [1.807, 2.05) is 0 Å². The molecule has 0 amide bonds. The fourth-order valence-electron chi connectivity index (χ4n) is 0. The van der Waals surface area contributed by atoms with Crippen LogP contribution in [0.5, 0.6) is 0 Å². The zero-order valence-corrected chi connectivity index (χ0v) is 6.13. The van der Waals surface area contributed by atoms with Crippen LogP contribution < -0.4 is 0 Å². The van der Waals surface area contributed by atoms with Gasteiger partial charge in [0.15, 0.2) is 0 Å². The van der Waals surface area contributed by atoms with Gasteiger partial charge in [-0.3, -0.25) is 0 Å². The first-order valence-corrected chi connectivity index (χ1v) is 3.04. The second kappa shape index (κ2) is 9.07. The van der Waals surface area contributed by atoms with E-state index in [9.17, 15) is 0 Å². The second-order valence-electron chi connectivity index (χ2n) is 1.73. The Morgan fingerprint density at radius 1 is 1.17 bits per heavy atom. The minimum atomic E-state index is 0.833. The first-order chi connectivity index (χ1) is 2.73. The van der Waals surface area contributed by atoms with Gasteiger partial charge in [0.1, 0.15) is 0 Å². The third kappa shape index (κ3) is 257. The van der Waals surface area contributed by atoms with Crippen molar-refractivity contribution in [3.63, 3.8) is 0 Å². The Bertz CT molecular complexity index is 15.1. The minimum absolute atomic E-state index is 0.833. The van der Waals surface area contributed by atoms with Crippen LogP contribution in [0, 0.1) is 5.92 Å². The van der Waals surface area contributed by atoms with Gasteiger partial charge in [0, 0.05) is 0 Å². The molecule has 0 heterocycles. The molecule has 0 aromatic heterocycles. The molecule has 0 aliphatic heterocycles. The molecule has 0 aliphatic rings. The van der Waals surface area contributed by atoms with Gasteiger partial charge in [-0.1, -0.05) is 20.8 Å². The van der Waals surface area contributed by atoms with E-state index in [1.165, 1.54) is 0 Å². The molecule has 1 heteroatoms. The third-order valence-corrected chi connectivity index (χ3v) is 0. The number of rotatable bonds is 0. The van der Waals surface area contributed by atoms with Gasteiger partial charge in [0.2, 0.25) is 0 Å². The van der Waals surface area contributed by atoms with Crippen molar-refractivity contribution in [1.29, 1.82) is 0 Å². The van der Waals surface area contributed by atoms with E-state index in [0.717, 1.165) is 5.92 Å². The maximum absolute atomic E-state index is 3.19. The van der Waals surface area contributed by atoms with E-state index in [1.54, 1.807) is 0 Å². The molecule has 0 N–H and O–H groups in total. The van der Waals surface area contributed by atoms with E-state index in [4.69, 9.17) is 0 Å². The molecule has 0 aromatic rings. The van der Waals surface area contributed by atoms with Gasteiger partial charge in [-0.05, 0) is 5.92 Å². The predicted octanol–water partition coefficient (Wildman–Crippen LogP) is 1.63. The average Bonchev–Trinajstić information content (AvgIpc) is 1.41. The van der Waals surface area contributed by atoms with Crippen LogP contribution in [-0.4, -0.2) is 5.23 Å². The summed E-state index contributed by atoms with van der Waals surface area (Å²) in [5.74, 6) is 0.833. The fraction of sp³-hybridized carbons (Fsp3) is 0.800. The molecule has 0 nitrogen and oxygen atoms in total. The van der Waals surface area contributed by atoms with Gasteiger partial charge >= 0.3 is 22.2 Å². The van der Waals surface area contributed by atoms with Crippen LogP contribution >= 0.6 is 0 Å². The quantitative estimate of drug-likeness (QED) is 0.459. The van der Waals surface area contributed by atoms with Gasteiger partial charge < -0.3 is 0 Å². The first kappa shape index (κ1) is 9.68. The topological polar surface area (TPSA) is 0 Å². The Hall–Kier alpha value is 0.454. The van der Waals surface area contributed by atoms with Crippen molar-refractivity contribution in [2.24, 2.45) is 5.92 Å². The molecule has 6 heavy (non-hydrogen) atoms. The molecular weight excluding hydrogens is 111 g/mol. The Morgan fingerprint density at radius 3 is 1.17 bits per heavy atom. The zero-order chi connectivity index (χ0) is 5.58. The van der Waals surface area contributed by atoms with Crippen LogP contribution in [0.4, 0.5) is 0 Å². The summed E-state index contributed by atoms with van der Waals surface area (Å²) in [6, 6.07) is 0. The molecule has 0 radical (unpaired) electrons. The van der Waals surface area contributed by atoms with Crippen LogP contribution in [-0.2, 0) is 17.0 Å². The first-order valence-electron chi connectivity index (χ1n) is 2.05. The van der Waals surface area contributed by atoms with Gasteiger partial charge in [-0.25, -0.2) is 0 Å². The summed E-state index contributed by atoms with van der Waals surface area (Å²) >= 11 is 2.06. The van der Waals surface area contributed by atoms with Crippen LogP contribution in [0.25, 0.3) is 0 Å². The summed E-state index contributed by atoms with van der Waals surface area (Å²) in [6.45, 7) is 6.50. The Morgan fingerprint density at radius 2 is 1.17 bits per heavy atom. The predicted molar refractivity (Wildman–Crippen MR) is 27.6 cm³/mol. The van der Waals surface area contributed by atoms with E-state index in [0.29, 0.717) is 0 Å². The van der Waals surface area contributed by atoms with E-state index >= 15 is 0 Å². The van der Waals surface area contributed by atoms with Crippen molar-refractivity contribution < 1.29 is 17.0 Å². The SMILES string of the molecule is CC(C)C.[CH2]=[V]. The number of hydrogen-bond donors (Lipinski definition) is 0. The molecule has 0 atom stereocenters. The zero-order valence-electron chi connectivity index (χ0n) is 4.73. The van der Waals surface area contributed by atoms with Gasteiger partial charge in [-0.15, -0.1) is 0 Å². The average molecular weight is 123 g/mol. The number of hydrogen-bond acceptors (Lipinski definition) is 0. The molecule has 0 unspecified atom stereocenters. The summed E-state index contributed by atoms with van der Waals surface area (Å²) in [5, 5.41) is 3.19. The van der Waals surface area contributed by atoms with Crippen molar-refractivity contribution in [2.75, 3.05) is 0 Å². The fourth-order valence-corrected chi connectivity index (χ4v) is 0. The van der Waals surface area contributed by atoms with Crippen molar-refractivity contribution in [2.45, 2.75) is 20.8 Å². The second-order valence-corrected chi connectivity index (χ2v) is 1.73. The van der Waals surface area contributed by atoms with Crippen molar-refractivity contribution in [1.82, 2.24) is 0 Å². The Labute approximate surface area is 49.4 Å². The summed E-state index contributed by atoms with van der Waals surface area (Å²) in [4.78, 5) is 0. The molecule has 0 aromatic carbocycles. The maximum atomic E-state index is 3.19. The summed E-state index contributed by atoms with van der Waals surface area (Å²) in [6.07, 6.45) is 0. The Kier molecular flexibility index (Phi) is 14.6. The van der Waals surface area contributed by atoms with E-state index < -0.39 is 0 Å². The van der Waals surface area contributed by atoms with Crippen molar-refractivity contribution in [3.8, 4) is 0 Å². The van der Waals surface area contributed by atoms with Gasteiger partial charge in [0.25, 0.3) is 0 Å². The molecule has 0 spiro atoms. The Balaban J connectivity index is 0. The van der Waals surface area contributed by atoms with Crippen LogP contribution in [0.1, 0.15) is 20.8 Å². The molecule has 0 aliphatic carbocycles. The normalized spacial score (nSPS) is 6.50. The van der Waals surface area contributed by atoms with Crippen LogP contribution in [0.3, 0.4) is 0 Å². The summed E-state index contributed by atoms with van der Waals surface area (Å²) in [7, 11) is 0. The van der Waals surface area contributed by atoms with Crippen molar-refractivity contribution in [3.05, 3.63) is 0 Å². The third-order valence-electron chi connectivity index (χ3n) is 0. The summed E-state index contributed by atoms with van der Waals surface area (Å²) in [5.41, 5.74) is 0. The molecule has 0 rings (SSSR count). The molecule has 0 bridgehead atoms. The van der Waals surface area contributed by atoms with Crippen molar-refractivity contribution >= 4 is 5.23 Å². The molecule has 0 saturated carbocycles.